The van der Waals surface area contributed by atoms with E-state index in [1.165, 1.54) is 19.3 Å². The van der Waals surface area contributed by atoms with Gasteiger partial charge in [0.2, 0.25) is 0 Å². The smallest absolute Gasteiger partial charge is 0.194 e. The van der Waals surface area contributed by atoms with E-state index >= 15 is 0 Å². The number of hydrogen-bond donors (Lipinski definition) is 1. The van der Waals surface area contributed by atoms with Crippen LogP contribution in [0.5, 0.6) is 0 Å². The van der Waals surface area contributed by atoms with Crippen LogP contribution < -0.4 is 5.32 Å². The van der Waals surface area contributed by atoms with Gasteiger partial charge >= 0.3 is 0 Å². The summed E-state index contributed by atoms with van der Waals surface area (Å²) < 4.78 is 5.22. The van der Waals surface area contributed by atoms with Crippen molar-refractivity contribution in [2.75, 3.05) is 20.1 Å². The van der Waals surface area contributed by atoms with Crippen LogP contribution in [0.2, 0.25) is 0 Å². The lowest BCUT2D eigenvalue weighted by molar-refractivity contribution is 0.275. The summed E-state index contributed by atoms with van der Waals surface area (Å²) in [4.78, 5) is 6.75. The summed E-state index contributed by atoms with van der Waals surface area (Å²) in [7, 11) is 1.84. The number of aromatic nitrogens is 1. The topological polar surface area (TPSA) is 53.7 Å². The minimum atomic E-state index is 0.459. The lowest BCUT2D eigenvalue weighted by Crippen LogP contribution is -2.40. The second kappa shape index (κ2) is 6.29. The molecule has 1 aliphatic heterocycles. The minimum absolute atomic E-state index is 0.459. The summed E-state index contributed by atoms with van der Waals surface area (Å²) in [5.74, 6) is 1.81. The first-order chi connectivity index (χ1) is 9.62. The Kier molecular flexibility index (Phi) is 4.68. The average Bonchev–Trinajstić information content (AvgIpc) is 3.07. The molecule has 1 aromatic heterocycles. The van der Waals surface area contributed by atoms with Crippen LogP contribution >= 0.6 is 0 Å². The third-order valence-electron chi connectivity index (χ3n) is 4.55. The largest absolute Gasteiger partial charge is 0.359 e. The number of rotatable bonds is 4. The van der Waals surface area contributed by atoms with E-state index in [4.69, 9.17) is 4.52 Å². The number of guanidine groups is 1. The van der Waals surface area contributed by atoms with E-state index in [1.54, 1.807) is 0 Å². The monoisotopic (exact) mass is 278 g/mol. The first-order valence-corrected chi connectivity index (χ1v) is 7.50. The van der Waals surface area contributed by atoms with Crippen LogP contribution in [0.1, 0.15) is 44.6 Å². The Morgan fingerprint density at radius 3 is 2.75 bits per heavy atom. The van der Waals surface area contributed by atoms with Crippen LogP contribution in [-0.2, 0) is 6.54 Å². The van der Waals surface area contributed by atoms with Crippen LogP contribution in [0.4, 0.5) is 0 Å². The molecule has 112 valence electrons. The van der Waals surface area contributed by atoms with Gasteiger partial charge in [-0.25, -0.2) is 0 Å². The summed E-state index contributed by atoms with van der Waals surface area (Å²) in [5, 5.41) is 7.27. The van der Waals surface area contributed by atoms with E-state index < -0.39 is 0 Å². The average molecular weight is 278 g/mol. The van der Waals surface area contributed by atoms with Crippen LogP contribution in [0.25, 0.3) is 0 Å². The molecule has 2 rings (SSSR count). The van der Waals surface area contributed by atoms with Gasteiger partial charge in [-0.05, 0) is 31.6 Å². The van der Waals surface area contributed by atoms with Gasteiger partial charge in [0, 0.05) is 26.2 Å². The number of hydrogen-bond acceptors (Lipinski definition) is 3. The van der Waals surface area contributed by atoms with E-state index in [-0.39, 0.29) is 0 Å². The molecule has 2 heterocycles. The van der Waals surface area contributed by atoms with Gasteiger partial charge in [0.1, 0.15) is 0 Å². The summed E-state index contributed by atoms with van der Waals surface area (Å²) in [5.41, 5.74) is 1.37. The van der Waals surface area contributed by atoms with Gasteiger partial charge in [-0.15, -0.1) is 0 Å². The molecule has 0 saturated carbocycles. The van der Waals surface area contributed by atoms with Crippen molar-refractivity contribution >= 4 is 5.96 Å². The molecule has 0 radical (unpaired) electrons. The first-order valence-electron chi connectivity index (χ1n) is 7.50. The van der Waals surface area contributed by atoms with Crippen LogP contribution in [0.3, 0.4) is 0 Å². The molecule has 0 bridgehead atoms. The highest BCUT2D eigenvalue weighted by Crippen LogP contribution is 2.36. The highest BCUT2D eigenvalue weighted by Gasteiger charge is 2.36. The second-order valence-corrected chi connectivity index (χ2v) is 5.71. The Morgan fingerprint density at radius 2 is 2.25 bits per heavy atom. The zero-order chi connectivity index (χ0) is 14.6. The summed E-state index contributed by atoms with van der Waals surface area (Å²) in [6, 6.07) is 1.95. The lowest BCUT2D eigenvalue weighted by atomic mass is 9.82. The number of nitrogens with zero attached hydrogens (tertiary/aromatic N) is 3. The fourth-order valence-corrected chi connectivity index (χ4v) is 2.94. The minimum Gasteiger partial charge on any atom is -0.359 e. The van der Waals surface area contributed by atoms with Gasteiger partial charge in [-0.2, -0.15) is 0 Å². The standard InChI is InChI=1S/C15H26N4O/c1-5-15(6-2)7-8-19(11-15)14(16-4)17-10-13-9-12(3)18-20-13/h9H,5-8,10-11H2,1-4H3,(H,16,17). The molecule has 0 amide bonds. The van der Waals surface area contributed by atoms with Crippen molar-refractivity contribution in [3.63, 3.8) is 0 Å². The zero-order valence-electron chi connectivity index (χ0n) is 13.1. The molecule has 0 unspecified atom stereocenters. The molecular formula is C15H26N4O. The third kappa shape index (κ3) is 3.14. The predicted molar refractivity (Wildman–Crippen MR) is 80.6 cm³/mol. The zero-order valence-corrected chi connectivity index (χ0v) is 13.1. The molecule has 1 saturated heterocycles. The molecule has 20 heavy (non-hydrogen) atoms. The summed E-state index contributed by atoms with van der Waals surface area (Å²) >= 11 is 0. The van der Waals surface area contributed by atoms with Crippen molar-refractivity contribution in [1.29, 1.82) is 0 Å². The number of aryl methyl sites for hydroxylation is 1. The number of aliphatic imine (C=N–C) groups is 1. The summed E-state index contributed by atoms with van der Waals surface area (Å²) in [6.07, 6.45) is 3.72. The fourth-order valence-electron chi connectivity index (χ4n) is 2.94. The quantitative estimate of drug-likeness (QED) is 0.679. The van der Waals surface area contributed by atoms with E-state index in [1.807, 2.05) is 20.0 Å². The molecule has 0 spiro atoms. The molecule has 0 aliphatic carbocycles. The van der Waals surface area contributed by atoms with Crippen molar-refractivity contribution in [2.45, 2.75) is 46.6 Å². The summed E-state index contributed by atoms with van der Waals surface area (Å²) in [6.45, 7) is 9.32. The van der Waals surface area contributed by atoms with Crippen molar-refractivity contribution in [1.82, 2.24) is 15.4 Å². The van der Waals surface area contributed by atoms with Crippen molar-refractivity contribution in [3.05, 3.63) is 17.5 Å². The van der Waals surface area contributed by atoms with Gasteiger partial charge in [0.05, 0.1) is 12.2 Å². The molecule has 1 fully saturated rings. The Balaban J connectivity index is 1.93. The predicted octanol–water partition coefficient (Wildman–Crippen LogP) is 2.57. The number of likely N-dealkylation sites (tertiary alicyclic amines) is 1. The SMILES string of the molecule is CCC1(CC)CCN(C(=NC)NCc2cc(C)no2)C1. The Morgan fingerprint density at radius 1 is 1.50 bits per heavy atom. The highest BCUT2D eigenvalue weighted by molar-refractivity contribution is 5.80. The molecule has 5 nitrogen and oxygen atoms in total. The molecule has 0 atom stereocenters. The molecular weight excluding hydrogens is 252 g/mol. The van der Waals surface area contributed by atoms with Gasteiger partial charge in [0.25, 0.3) is 0 Å². The van der Waals surface area contributed by atoms with Gasteiger partial charge < -0.3 is 14.7 Å². The number of nitrogens with one attached hydrogen (secondary N) is 1. The maximum absolute atomic E-state index is 5.22. The van der Waals surface area contributed by atoms with E-state index in [0.717, 1.165) is 30.5 Å². The van der Waals surface area contributed by atoms with Crippen molar-refractivity contribution < 1.29 is 4.52 Å². The highest BCUT2D eigenvalue weighted by atomic mass is 16.5. The maximum Gasteiger partial charge on any atom is 0.194 e. The molecule has 1 aliphatic rings. The first kappa shape index (κ1) is 14.9. The van der Waals surface area contributed by atoms with E-state index in [0.29, 0.717) is 12.0 Å². The lowest BCUT2D eigenvalue weighted by Gasteiger charge is -2.27. The van der Waals surface area contributed by atoms with Gasteiger partial charge in [-0.3, -0.25) is 4.99 Å². The Hall–Kier alpha value is -1.52. The Bertz CT molecular complexity index is 462. The normalized spacial score (nSPS) is 18.6. The van der Waals surface area contributed by atoms with Crippen LogP contribution in [0.15, 0.2) is 15.6 Å². The van der Waals surface area contributed by atoms with E-state index in [9.17, 15) is 0 Å². The van der Waals surface area contributed by atoms with Gasteiger partial charge in [-0.1, -0.05) is 19.0 Å². The molecule has 5 heteroatoms. The van der Waals surface area contributed by atoms with Crippen molar-refractivity contribution in [3.8, 4) is 0 Å². The maximum atomic E-state index is 5.22. The third-order valence-corrected chi connectivity index (χ3v) is 4.55. The molecule has 1 aromatic rings. The van der Waals surface area contributed by atoms with Crippen LogP contribution in [0, 0.1) is 12.3 Å². The van der Waals surface area contributed by atoms with E-state index in [2.05, 4.69) is 34.2 Å². The molecule has 0 aromatic carbocycles. The molecule has 1 N–H and O–H groups in total. The van der Waals surface area contributed by atoms with Crippen molar-refractivity contribution in [2.24, 2.45) is 10.4 Å². The Labute approximate surface area is 121 Å². The fraction of sp³-hybridized carbons (Fsp3) is 0.733. The second-order valence-electron chi connectivity index (χ2n) is 5.71. The van der Waals surface area contributed by atoms with Crippen LogP contribution in [-0.4, -0.2) is 36.2 Å². The van der Waals surface area contributed by atoms with Gasteiger partial charge in [0.15, 0.2) is 11.7 Å².